The van der Waals surface area contributed by atoms with Gasteiger partial charge in [-0.25, -0.2) is 0 Å². The summed E-state index contributed by atoms with van der Waals surface area (Å²) >= 11 is 7.26. The Labute approximate surface area is 191 Å². The third-order valence-electron chi connectivity index (χ3n) is 5.15. The fraction of sp³-hybridized carbons (Fsp3) is 0.500. The number of thioether (sulfide) groups is 1. The lowest BCUT2D eigenvalue weighted by Crippen LogP contribution is -2.40. The molecule has 1 atom stereocenters. The van der Waals surface area contributed by atoms with Crippen LogP contribution in [0.15, 0.2) is 17.0 Å². The van der Waals surface area contributed by atoms with Gasteiger partial charge in [-0.2, -0.15) is 0 Å². The van der Waals surface area contributed by atoms with E-state index >= 15 is 0 Å². The first-order valence-corrected chi connectivity index (χ1v) is 11.7. The van der Waals surface area contributed by atoms with Gasteiger partial charge in [-0.05, 0) is 68.6 Å². The molecular formula is C22H27ClN2O5S. The van der Waals surface area contributed by atoms with Gasteiger partial charge >= 0.3 is 0 Å². The molecule has 2 fully saturated rings. The van der Waals surface area contributed by atoms with E-state index in [1.54, 1.807) is 23.1 Å². The first-order chi connectivity index (χ1) is 14.8. The summed E-state index contributed by atoms with van der Waals surface area (Å²) < 4.78 is 11.6. The molecule has 0 aromatic heterocycles. The molecule has 2 heterocycles. The van der Waals surface area contributed by atoms with Gasteiger partial charge in [0.1, 0.15) is 6.54 Å². The smallest absolute Gasteiger partial charge is 0.294 e. The maximum absolute atomic E-state index is 12.8. The second-order valence-electron chi connectivity index (χ2n) is 7.46. The molecule has 0 bridgehead atoms. The van der Waals surface area contributed by atoms with Gasteiger partial charge in [0, 0.05) is 13.1 Å². The van der Waals surface area contributed by atoms with Crippen LogP contribution >= 0.6 is 23.4 Å². The van der Waals surface area contributed by atoms with Crippen molar-refractivity contribution >= 4 is 46.5 Å². The molecule has 2 aliphatic heterocycles. The van der Waals surface area contributed by atoms with Gasteiger partial charge in [-0.3, -0.25) is 19.3 Å². The van der Waals surface area contributed by atoms with E-state index in [1.165, 1.54) is 0 Å². The van der Waals surface area contributed by atoms with Crippen LogP contribution in [0.4, 0.5) is 4.79 Å². The topological polar surface area (TPSA) is 76.2 Å². The van der Waals surface area contributed by atoms with E-state index in [4.69, 9.17) is 21.1 Å². The standard InChI is InChI=1S/C22H27ClN2O5S/c1-4-14(3)30-20-16(23)10-15(11-17(20)29-5-2)12-18-21(27)25(22(28)31-18)13-19(26)24-8-6-7-9-24/h10-12,14H,4-9,13H2,1-3H3. The lowest BCUT2D eigenvalue weighted by molar-refractivity contribution is -0.135. The molecular weight excluding hydrogens is 440 g/mol. The van der Waals surface area contributed by atoms with Crippen LogP contribution in [0, 0.1) is 0 Å². The molecule has 168 valence electrons. The van der Waals surface area contributed by atoms with Gasteiger partial charge in [0.25, 0.3) is 11.1 Å². The molecule has 3 rings (SSSR count). The largest absolute Gasteiger partial charge is 0.490 e. The zero-order valence-corrected chi connectivity index (χ0v) is 19.6. The van der Waals surface area contributed by atoms with Crippen LogP contribution in [-0.4, -0.2) is 59.2 Å². The number of rotatable bonds is 8. The predicted molar refractivity (Wildman–Crippen MR) is 121 cm³/mol. The molecule has 3 amide bonds. The molecule has 1 unspecified atom stereocenters. The van der Waals surface area contributed by atoms with E-state index < -0.39 is 11.1 Å². The Balaban J connectivity index is 1.81. The summed E-state index contributed by atoms with van der Waals surface area (Å²) in [7, 11) is 0. The summed E-state index contributed by atoms with van der Waals surface area (Å²) in [5.41, 5.74) is 0.612. The number of hydrogen-bond acceptors (Lipinski definition) is 6. The zero-order valence-electron chi connectivity index (χ0n) is 18.0. The molecule has 0 N–H and O–H groups in total. The van der Waals surface area contributed by atoms with E-state index in [2.05, 4.69) is 0 Å². The van der Waals surface area contributed by atoms with Crippen molar-refractivity contribution in [3.63, 3.8) is 0 Å². The molecule has 0 spiro atoms. The van der Waals surface area contributed by atoms with E-state index in [0.29, 0.717) is 41.8 Å². The van der Waals surface area contributed by atoms with Gasteiger partial charge in [-0.15, -0.1) is 0 Å². The molecule has 1 aromatic rings. The van der Waals surface area contributed by atoms with Crippen LogP contribution in [-0.2, 0) is 9.59 Å². The van der Waals surface area contributed by atoms with Crippen LogP contribution in [0.3, 0.4) is 0 Å². The minimum Gasteiger partial charge on any atom is -0.490 e. The number of imide groups is 1. The van der Waals surface area contributed by atoms with Crippen molar-refractivity contribution in [2.75, 3.05) is 26.2 Å². The predicted octanol–water partition coefficient (Wildman–Crippen LogP) is 4.57. The van der Waals surface area contributed by atoms with Gasteiger partial charge < -0.3 is 14.4 Å². The van der Waals surface area contributed by atoms with Gasteiger partial charge in [0.2, 0.25) is 5.91 Å². The van der Waals surface area contributed by atoms with Crippen molar-refractivity contribution < 1.29 is 23.9 Å². The Morgan fingerprint density at radius 3 is 2.61 bits per heavy atom. The first kappa shape index (κ1) is 23.5. The molecule has 31 heavy (non-hydrogen) atoms. The Bertz CT molecular complexity index is 898. The minimum absolute atomic E-state index is 0.0350. The fourth-order valence-corrected chi connectivity index (χ4v) is 4.42. The number of carbonyl (C=O) groups excluding carboxylic acids is 3. The van der Waals surface area contributed by atoms with Crippen molar-refractivity contribution in [3.8, 4) is 11.5 Å². The van der Waals surface area contributed by atoms with Crippen molar-refractivity contribution in [2.24, 2.45) is 0 Å². The number of nitrogens with zero attached hydrogens (tertiary/aromatic N) is 2. The summed E-state index contributed by atoms with van der Waals surface area (Å²) in [4.78, 5) is 40.5. The number of benzene rings is 1. The molecule has 0 aliphatic carbocycles. The Hall–Kier alpha value is -2.19. The molecule has 2 aliphatic rings. The Morgan fingerprint density at radius 1 is 1.26 bits per heavy atom. The number of amides is 3. The average molecular weight is 467 g/mol. The van der Waals surface area contributed by atoms with Crippen molar-refractivity contribution in [2.45, 2.75) is 46.1 Å². The van der Waals surface area contributed by atoms with Crippen LogP contribution < -0.4 is 9.47 Å². The molecule has 7 nitrogen and oxygen atoms in total. The SMILES string of the molecule is CCOc1cc(C=C2SC(=O)N(CC(=O)N3CCCC3)C2=O)cc(Cl)c1OC(C)CC. The number of likely N-dealkylation sites (tertiary alicyclic amines) is 1. The van der Waals surface area contributed by atoms with E-state index in [9.17, 15) is 14.4 Å². The molecule has 9 heteroatoms. The van der Waals surface area contributed by atoms with Crippen LogP contribution in [0.2, 0.25) is 5.02 Å². The monoisotopic (exact) mass is 466 g/mol. The Morgan fingerprint density at radius 2 is 1.97 bits per heavy atom. The molecule has 2 saturated heterocycles. The highest BCUT2D eigenvalue weighted by atomic mass is 35.5. The van der Waals surface area contributed by atoms with Crippen LogP contribution in [0.25, 0.3) is 6.08 Å². The first-order valence-electron chi connectivity index (χ1n) is 10.5. The third kappa shape index (κ3) is 5.54. The summed E-state index contributed by atoms with van der Waals surface area (Å²) in [5.74, 6) is 0.259. The normalized spacial score (nSPS) is 18.8. The van der Waals surface area contributed by atoms with Crippen LogP contribution in [0.5, 0.6) is 11.5 Å². The Kier molecular flexibility index (Phi) is 7.89. The van der Waals surface area contributed by atoms with Crippen molar-refractivity contribution in [1.29, 1.82) is 0 Å². The lowest BCUT2D eigenvalue weighted by Gasteiger charge is -2.19. The van der Waals surface area contributed by atoms with Crippen molar-refractivity contribution in [1.82, 2.24) is 9.80 Å². The number of halogens is 1. The van der Waals surface area contributed by atoms with Crippen LogP contribution in [0.1, 0.15) is 45.6 Å². The highest BCUT2D eigenvalue weighted by molar-refractivity contribution is 8.18. The number of hydrogen-bond donors (Lipinski definition) is 0. The van der Waals surface area contributed by atoms with E-state index in [-0.39, 0.29) is 23.5 Å². The minimum atomic E-state index is -0.475. The average Bonchev–Trinajstić information content (AvgIpc) is 3.35. The summed E-state index contributed by atoms with van der Waals surface area (Å²) in [6, 6.07) is 3.40. The number of ether oxygens (including phenoxy) is 2. The lowest BCUT2D eigenvalue weighted by atomic mass is 10.1. The van der Waals surface area contributed by atoms with Crippen molar-refractivity contribution in [3.05, 3.63) is 27.6 Å². The molecule has 0 saturated carbocycles. The molecule has 0 radical (unpaired) electrons. The maximum Gasteiger partial charge on any atom is 0.294 e. The van der Waals surface area contributed by atoms with Gasteiger partial charge in [0.05, 0.1) is 22.6 Å². The highest BCUT2D eigenvalue weighted by Crippen LogP contribution is 2.39. The second-order valence-corrected chi connectivity index (χ2v) is 8.86. The summed E-state index contributed by atoms with van der Waals surface area (Å²) in [6.07, 6.45) is 4.27. The fourth-order valence-electron chi connectivity index (χ4n) is 3.32. The summed E-state index contributed by atoms with van der Waals surface area (Å²) in [5, 5.41) is -0.0856. The third-order valence-corrected chi connectivity index (χ3v) is 6.34. The quantitative estimate of drug-likeness (QED) is 0.522. The maximum atomic E-state index is 12.8. The summed E-state index contributed by atoms with van der Waals surface area (Å²) in [6.45, 7) is 7.36. The van der Waals surface area contributed by atoms with Gasteiger partial charge in [0.15, 0.2) is 11.5 Å². The van der Waals surface area contributed by atoms with Gasteiger partial charge in [-0.1, -0.05) is 18.5 Å². The second kappa shape index (κ2) is 10.4. The van der Waals surface area contributed by atoms with E-state index in [0.717, 1.165) is 35.9 Å². The van der Waals surface area contributed by atoms with E-state index in [1.807, 2.05) is 20.8 Å². The molecule has 1 aromatic carbocycles. The highest BCUT2D eigenvalue weighted by Gasteiger charge is 2.37. The zero-order chi connectivity index (χ0) is 22.5. The number of carbonyl (C=O) groups is 3.